The number of rotatable bonds is 10. The normalized spacial score (nSPS) is 11.7. The molecular weight excluding hydrogens is 441 g/mol. The maximum absolute atomic E-state index is 12.9. The van der Waals surface area contributed by atoms with E-state index in [0.29, 0.717) is 11.4 Å². The lowest BCUT2D eigenvalue weighted by Gasteiger charge is -2.09. The number of carbonyl (C=O) groups is 2. The molecule has 33 heavy (non-hydrogen) atoms. The predicted octanol–water partition coefficient (Wildman–Crippen LogP) is 4.62. The zero-order chi connectivity index (χ0) is 23.5. The number of hydrogen-bond donors (Lipinski definition) is 2. The number of benzene rings is 3. The van der Waals surface area contributed by atoms with Crippen LogP contribution in [0.1, 0.15) is 18.1 Å². The summed E-state index contributed by atoms with van der Waals surface area (Å²) in [4.78, 5) is 24.1. The Balaban J connectivity index is 1.38. The first-order valence-electron chi connectivity index (χ1n) is 10.3. The fraction of sp³-hybridized carbons (Fsp3) is 0.160. The molecule has 0 saturated heterocycles. The van der Waals surface area contributed by atoms with Crippen LogP contribution in [0.3, 0.4) is 0 Å². The first-order chi connectivity index (χ1) is 16.0. The zero-order valence-corrected chi connectivity index (χ0v) is 18.8. The summed E-state index contributed by atoms with van der Waals surface area (Å²) < 4.78 is 18.4. The number of nitrogens with zero attached hydrogens (tertiary/aromatic N) is 1. The number of carbonyl (C=O) groups excluding carboxylic acids is 2. The van der Waals surface area contributed by atoms with Crippen LogP contribution in [0.25, 0.3) is 0 Å². The van der Waals surface area contributed by atoms with E-state index in [2.05, 4.69) is 15.8 Å². The second kappa shape index (κ2) is 12.4. The second-order valence-corrected chi connectivity index (χ2v) is 8.41. The fourth-order valence-electron chi connectivity index (χ4n) is 2.66. The topological polar surface area (TPSA) is 79.8 Å². The predicted molar refractivity (Wildman–Crippen MR) is 130 cm³/mol. The molecule has 2 amide bonds. The minimum atomic E-state index is -0.371. The third-order valence-corrected chi connectivity index (χ3v) is 5.69. The Labute approximate surface area is 196 Å². The maximum Gasteiger partial charge on any atom is 0.262 e. The summed E-state index contributed by atoms with van der Waals surface area (Å²) >= 11 is 1.54. The lowest BCUT2D eigenvalue weighted by molar-refractivity contribution is -0.120. The van der Waals surface area contributed by atoms with Gasteiger partial charge in [-0.3, -0.25) is 9.59 Å². The van der Waals surface area contributed by atoms with Crippen LogP contribution < -0.4 is 15.5 Å². The van der Waals surface area contributed by atoms with Gasteiger partial charge in [-0.25, -0.2) is 9.82 Å². The Morgan fingerprint density at radius 3 is 2.42 bits per heavy atom. The summed E-state index contributed by atoms with van der Waals surface area (Å²) in [5, 5.41) is 6.39. The highest BCUT2D eigenvalue weighted by molar-refractivity contribution is 7.99. The third-order valence-electron chi connectivity index (χ3n) is 4.48. The molecule has 8 heteroatoms. The summed E-state index contributed by atoms with van der Waals surface area (Å²) in [5.74, 6) is 0.372. The van der Waals surface area contributed by atoms with Gasteiger partial charge in [0.25, 0.3) is 11.8 Å². The minimum Gasteiger partial charge on any atom is -0.484 e. The average Bonchev–Trinajstić information content (AvgIpc) is 2.84. The molecule has 0 bridgehead atoms. The Morgan fingerprint density at radius 1 is 1.03 bits per heavy atom. The quantitative estimate of drug-likeness (QED) is 0.338. The standard InChI is InChI=1S/C25H24FN3O3S/c1-18(33-17-20-5-3-2-4-6-20)25(31)29-27-15-19-7-13-23(14-8-19)32-16-24(30)28-22-11-9-21(26)10-12-22/h2-15,18H,16-17H2,1H3,(H,28,30)(H,29,31)/b27-15-/t18-/m1/s1. The van der Waals surface area contributed by atoms with Crippen molar-refractivity contribution < 1.29 is 18.7 Å². The molecule has 2 N–H and O–H groups in total. The summed E-state index contributed by atoms with van der Waals surface area (Å²) in [6, 6.07) is 22.4. The Hall–Kier alpha value is -3.65. The highest BCUT2D eigenvalue weighted by Crippen LogP contribution is 2.17. The molecule has 0 spiro atoms. The van der Waals surface area contributed by atoms with E-state index in [1.54, 1.807) is 36.0 Å². The second-order valence-electron chi connectivity index (χ2n) is 7.09. The van der Waals surface area contributed by atoms with Gasteiger partial charge in [0.2, 0.25) is 0 Å². The van der Waals surface area contributed by atoms with Gasteiger partial charge in [-0.1, -0.05) is 30.3 Å². The van der Waals surface area contributed by atoms with Gasteiger partial charge in [-0.2, -0.15) is 5.10 Å². The van der Waals surface area contributed by atoms with Gasteiger partial charge >= 0.3 is 0 Å². The molecule has 6 nitrogen and oxygen atoms in total. The van der Waals surface area contributed by atoms with Crippen LogP contribution in [0.15, 0.2) is 84.0 Å². The molecule has 0 aromatic heterocycles. The molecule has 3 aromatic carbocycles. The van der Waals surface area contributed by atoms with Crippen LogP contribution >= 0.6 is 11.8 Å². The van der Waals surface area contributed by atoms with Gasteiger partial charge in [0, 0.05) is 11.4 Å². The number of hydrogen-bond acceptors (Lipinski definition) is 5. The molecule has 0 aliphatic heterocycles. The Morgan fingerprint density at radius 2 is 1.73 bits per heavy atom. The fourth-order valence-corrected chi connectivity index (χ4v) is 3.50. The summed E-state index contributed by atoms with van der Waals surface area (Å²) in [6.45, 7) is 1.66. The van der Waals surface area contributed by atoms with Gasteiger partial charge in [0.15, 0.2) is 6.61 Å². The van der Waals surface area contributed by atoms with Crippen molar-refractivity contribution in [2.75, 3.05) is 11.9 Å². The molecule has 0 saturated carbocycles. The highest BCUT2D eigenvalue weighted by Gasteiger charge is 2.12. The number of hydrazone groups is 1. The highest BCUT2D eigenvalue weighted by atomic mass is 32.2. The molecule has 0 heterocycles. The van der Waals surface area contributed by atoms with Crippen molar-refractivity contribution in [3.8, 4) is 5.75 Å². The van der Waals surface area contributed by atoms with Crippen LogP contribution in [0.4, 0.5) is 10.1 Å². The van der Waals surface area contributed by atoms with E-state index in [-0.39, 0.29) is 29.5 Å². The average molecular weight is 466 g/mol. The number of nitrogens with one attached hydrogen (secondary N) is 2. The van der Waals surface area contributed by atoms with Crippen molar-refractivity contribution in [3.63, 3.8) is 0 Å². The summed E-state index contributed by atoms with van der Waals surface area (Å²) in [6.07, 6.45) is 1.54. The van der Waals surface area contributed by atoms with E-state index in [0.717, 1.165) is 11.3 Å². The molecule has 170 valence electrons. The molecule has 0 fully saturated rings. The molecule has 0 radical (unpaired) electrons. The van der Waals surface area contributed by atoms with E-state index in [9.17, 15) is 14.0 Å². The molecule has 3 rings (SSSR count). The molecular formula is C25H24FN3O3S. The first kappa shape index (κ1) is 24.0. The first-order valence-corrected chi connectivity index (χ1v) is 11.3. The minimum absolute atomic E-state index is 0.167. The lowest BCUT2D eigenvalue weighted by Crippen LogP contribution is -2.26. The van der Waals surface area contributed by atoms with Crippen molar-refractivity contribution in [3.05, 3.63) is 95.8 Å². The monoisotopic (exact) mass is 465 g/mol. The SMILES string of the molecule is C[C@@H](SCc1ccccc1)C(=O)N/N=C\c1ccc(OCC(=O)Nc2ccc(F)cc2)cc1. The van der Waals surface area contributed by atoms with Crippen molar-refractivity contribution >= 4 is 35.5 Å². The summed E-state index contributed by atoms with van der Waals surface area (Å²) in [5.41, 5.74) is 4.98. The zero-order valence-electron chi connectivity index (χ0n) is 18.0. The van der Waals surface area contributed by atoms with Crippen molar-refractivity contribution in [2.24, 2.45) is 5.10 Å². The summed E-state index contributed by atoms with van der Waals surface area (Å²) in [7, 11) is 0. The van der Waals surface area contributed by atoms with E-state index in [1.165, 1.54) is 36.0 Å². The van der Waals surface area contributed by atoms with Crippen molar-refractivity contribution in [1.82, 2.24) is 5.43 Å². The van der Waals surface area contributed by atoms with Crippen LogP contribution in [-0.2, 0) is 15.3 Å². The number of amides is 2. The van der Waals surface area contributed by atoms with Crippen LogP contribution in [0, 0.1) is 5.82 Å². The van der Waals surface area contributed by atoms with E-state index >= 15 is 0 Å². The number of halogens is 1. The smallest absolute Gasteiger partial charge is 0.262 e. The largest absolute Gasteiger partial charge is 0.484 e. The molecule has 0 aliphatic rings. The van der Waals surface area contributed by atoms with Crippen molar-refractivity contribution in [2.45, 2.75) is 17.9 Å². The van der Waals surface area contributed by atoms with Gasteiger partial charge in [0.05, 0.1) is 11.5 Å². The Kier molecular flexibility index (Phi) is 9.02. The van der Waals surface area contributed by atoms with Gasteiger partial charge in [-0.05, 0) is 66.6 Å². The lowest BCUT2D eigenvalue weighted by atomic mass is 10.2. The molecule has 0 unspecified atom stereocenters. The molecule has 1 atom stereocenters. The van der Waals surface area contributed by atoms with Crippen LogP contribution in [-0.4, -0.2) is 29.9 Å². The van der Waals surface area contributed by atoms with Crippen molar-refractivity contribution in [1.29, 1.82) is 0 Å². The molecule has 3 aromatic rings. The third kappa shape index (κ3) is 8.42. The Bertz CT molecular complexity index is 1070. The van der Waals surface area contributed by atoms with E-state index in [4.69, 9.17) is 4.74 Å². The van der Waals surface area contributed by atoms with Gasteiger partial charge in [-0.15, -0.1) is 11.8 Å². The van der Waals surface area contributed by atoms with Crippen LogP contribution in [0.5, 0.6) is 5.75 Å². The van der Waals surface area contributed by atoms with E-state index < -0.39 is 0 Å². The van der Waals surface area contributed by atoms with Crippen LogP contribution in [0.2, 0.25) is 0 Å². The number of anilines is 1. The number of ether oxygens (including phenoxy) is 1. The van der Waals surface area contributed by atoms with Gasteiger partial charge < -0.3 is 10.1 Å². The van der Waals surface area contributed by atoms with E-state index in [1.807, 2.05) is 37.3 Å². The maximum atomic E-state index is 12.9. The number of thioether (sulfide) groups is 1. The van der Waals surface area contributed by atoms with Gasteiger partial charge in [0.1, 0.15) is 11.6 Å². The molecule has 0 aliphatic carbocycles.